The molecule has 32 heavy (non-hydrogen) atoms. The SMILES string of the molecule is CCC(C(=O)Nc1ccc(S(=O)(=O)N(C)C)cc1)n1nnc2sc3c(c2c1=O)CCCC3. The van der Waals surface area contributed by atoms with Crippen molar-refractivity contribution in [3.63, 3.8) is 0 Å². The van der Waals surface area contributed by atoms with Crippen LogP contribution in [0.1, 0.15) is 42.7 Å². The van der Waals surface area contributed by atoms with E-state index in [1.165, 1.54) is 59.3 Å². The van der Waals surface area contributed by atoms with Crippen molar-refractivity contribution in [2.75, 3.05) is 19.4 Å². The van der Waals surface area contributed by atoms with E-state index in [2.05, 4.69) is 15.6 Å². The molecule has 11 heteroatoms. The molecule has 170 valence electrons. The van der Waals surface area contributed by atoms with E-state index in [0.29, 0.717) is 22.3 Å². The van der Waals surface area contributed by atoms with Crippen LogP contribution in [0.25, 0.3) is 10.2 Å². The van der Waals surface area contributed by atoms with Crippen LogP contribution < -0.4 is 10.9 Å². The van der Waals surface area contributed by atoms with Gasteiger partial charge in [0.05, 0.1) is 10.3 Å². The van der Waals surface area contributed by atoms with Gasteiger partial charge in [0.2, 0.25) is 15.9 Å². The van der Waals surface area contributed by atoms with Crippen LogP contribution in [-0.2, 0) is 27.7 Å². The fraction of sp³-hybridized carbons (Fsp3) is 0.429. The third-order valence-electron chi connectivity index (χ3n) is 5.69. The van der Waals surface area contributed by atoms with Crippen molar-refractivity contribution in [2.45, 2.75) is 50.0 Å². The number of amides is 1. The lowest BCUT2D eigenvalue weighted by Crippen LogP contribution is -2.35. The molecular formula is C21H25N5O4S2. The molecule has 1 atom stereocenters. The Hall–Kier alpha value is -2.63. The minimum atomic E-state index is -3.56. The Morgan fingerprint density at radius 2 is 1.91 bits per heavy atom. The summed E-state index contributed by atoms with van der Waals surface area (Å²) in [4.78, 5) is 28.2. The Morgan fingerprint density at radius 3 is 2.56 bits per heavy atom. The van der Waals surface area contributed by atoms with E-state index in [-0.39, 0.29) is 10.5 Å². The molecule has 1 aromatic carbocycles. The number of thiophene rings is 1. The molecule has 9 nitrogen and oxygen atoms in total. The first-order chi connectivity index (χ1) is 15.2. The van der Waals surface area contributed by atoms with E-state index in [0.717, 1.165) is 35.6 Å². The molecule has 0 aliphatic heterocycles. The maximum atomic E-state index is 13.3. The van der Waals surface area contributed by atoms with Crippen LogP contribution in [0.5, 0.6) is 0 Å². The van der Waals surface area contributed by atoms with Gasteiger partial charge in [-0.25, -0.2) is 12.7 Å². The van der Waals surface area contributed by atoms with E-state index in [1.807, 2.05) is 0 Å². The number of nitrogens with one attached hydrogen (secondary N) is 1. The molecule has 0 spiro atoms. The number of sulfonamides is 1. The third kappa shape index (κ3) is 3.96. The lowest BCUT2D eigenvalue weighted by molar-refractivity contribution is -0.119. The topological polar surface area (TPSA) is 114 Å². The number of aryl methyl sites for hydroxylation is 2. The standard InChI is InChI=1S/C21H25N5O4S2/c1-4-16(19(27)22-13-9-11-14(12-10-13)32(29,30)25(2)3)26-21(28)18-15-7-5-6-8-17(15)31-20(18)23-24-26/h9-12,16H,4-8H2,1-3H3,(H,22,27). The molecule has 2 aromatic heterocycles. The van der Waals surface area contributed by atoms with Gasteiger partial charge in [-0.1, -0.05) is 12.1 Å². The van der Waals surface area contributed by atoms with Gasteiger partial charge in [-0.15, -0.1) is 16.4 Å². The van der Waals surface area contributed by atoms with Crippen molar-refractivity contribution in [3.05, 3.63) is 45.1 Å². The molecule has 4 rings (SSSR count). The van der Waals surface area contributed by atoms with Crippen LogP contribution in [0.2, 0.25) is 0 Å². The molecule has 1 aliphatic rings. The summed E-state index contributed by atoms with van der Waals surface area (Å²) >= 11 is 1.52. The molecule has 0 saturated heterocycles. The largest absolute Gasteiger partial charge is 0.324 e. The van der Waals surface area contributed by atoms with E-state index in [4.69, 9.17) is 0 Å². The second-order valence-corrected chi connectivity index (χ2v) is 11.2. The van der Waals surface area contributed by atoms with Gasteiger partial charge >= 0.3 is 0 Å². The highest BCUT2D eigenvalue weighted by Crippen LogP contribution is 2.33. The number of fused-ring (bicyclic) bond motifs is 3. The first kappa shape index (κ1) is 22.6. The summed E-state index contributed by atoms with van der Waals surface area (Å²) in [6, 6.07) is 5.08. The second kappa shape index (κ2) is 8.72. The van der Waals surface area contributed by atoms with E-state index >= 15 is 0 Å². The predicted octanol–water partition coefficient (Wildman–Crippen LogP) is 2.57. The number of aromatic nitrogens is 3. The van der Waals surface area contributed by atoms with Crippen molar-refractivity contribution in [1.82, 2.24) is 19.3 Å². The van der Waals surface area contributed by atoms with Crippen LogP contribution in [0.15, 0.2) is 34.0 Å². The fourth-order valence-corrected chi connectivity index (χ4v) is 6.01. The van der Waals surface area contributed by atoms with Gasteiger partial charge in [0, 0.05) is 24.7 Å². The van der Waals surface area contributed by atoms with Crippen LogP contribution >= 0.6 is 11.3 Å². The zero-order valence-electron chi connectivity index (χ0n) is 18.2. The smallest absolute Gasteiger partial charge is 0.279 e. The van der Waals surface area contributed by atoms with Gasteiger partial charge in [0.1, 0.15) is 6.04 Å². The summed E-state index contributed by atoms with van der Waals surface area (Å²) in [5.74, 6) is -0.407. The highest BCUT2D eigenvalue weighted by molar-refractivity contribution is 7.89. The number of carbonyl (C=O) groups excluding carboxylic acids is 1. The zero-order chi connectivity index (χ0) is 23.0. The van der Waals surface area contributed by atoms with Crippen molar-refractivity contribution in [1.29, 1.82) is 0 Å². The highest BCUT2D eigenvalue weighted by Gasteiger charge is 2.26. The van der Waals surface area contributed by atoms with Crippen molar-refractivity contribution >= 4 is 43.2 Å². The van der Waals surface area contributed by atoms with Gasteiger partial charge in [0.25, 0.3) is 5.56 Å². The fourth-order valence-electron chi connectivity index (χ4n) is 3.91. The zero-order valence-corrected chi connectivity index (χ0v) is 19.8. The highest BCUT2D eigenvalue weighted by atomic mass is 32.2. The van der Waals surface area contributed by atoms with Gasteiger partial charge in [-0.05, 0) is 61.9 Å². The molecule has 0 fully saturated rings. The van der Waals surface area contributed by atoms with Crippen LogP contribution in [0.3, 0.4) is 0 Å². The van der Waals surface area contributed by atoms with Crippen LogP contribution in [-0.4, -0.2) is 47.7 Å². The van der Waals surface area contributed by atoms with Crippen LogP contribution in [0, 0.1) is 0 Å². The lowest BCUT2D eigenvalue weighted by atomic mass is 9.97. The average molecular weight is 476 g/mol. The number of anilines is 1. The molecule has 1 aliphatic carbocycles. The van der Waals surface area contributed by atoms with E-state index < -0.39 is 22.0 Å². The monoisotopic (exact) mass is 475 g/mol. The van der Waals surface area contributed by atoms with Gasteiger partial charge in [0.15, 0.2) is 4.83 Å². The van der Waals surface area contributed by atoms with Gasteiger partial charge in [-0.3, -0.25) is 9.59 Å². The predicted molar refractivity (Wildman–Crippen MR) is 124 cm³/mol. The summed E-state index contributed by atoms with van der Waals surface area (Å²) in [5.41, 5.74) is 1.20. The molecule has 1 N–H and O–H groups in total. The number of hydrogen-bond donors (Lipinski definition) is 1. The lowest BCUT2D eigenvalue weighted by Gasteiger charge is -2.17. The Kier molecular flexibility index (Phi) is 6.15. The molecule has 3 aromatic rings. The first-order valence-electron chi connectivity index (χ1n) is 10.5. The van der Waals surface area contributed by atoms with Gasteiger partial charge in [-0.2, -0.15) is 4.68 Å². The molecule has 0 saturated carbocycles. The maximum absolute atomic E-state index is 13.3. The molecule has 0 radical (unpaired) electrons. The normalized spacial score (nSPS) is 15.0. The minimum Gasteiger partial charge on any atom is -0.324 e. The van der Waals surface area contributed by atoms with E-state index in [1.54, 1.807) is 6.92 Å². The third-order valence-corrected chi connectivity index (χ3v) is 8.70. The number of rotatable bonds is 6. The average Bonchev–Trinajstić information content (AvgIpc) is 3.15. The maximum Gasteiger partial charge on any atom is 0.279 e. The Balaban J connectivity index is 1.62. The number of hydrogen-bond acceptors (Lipinski definition) is 7. The Bertz CT molecular complexity index is 1330. The Morgan fingerprint density at radius 1 is 1.22 bits per heavy atom. The summed E-state index contributed by atoms with van der Waals surface area (Å²) in [7, 11) is -0.646. The summed E-state index contributed by atoms with van der Waals surface area (Å²) < 4.78 is 26.7. The number of carbonyl (C=O) groups is 1. The number of nitrogens with zero attached hydrogens (tertiary/aromatic N) is 4. The summed E-state index contributed by atoms with van der Waals surface area (Å²) in [6.45, 7) is 1.80. The number of benzene rings is 1. The van der Waals surface area contributed by atoms with Gasteiger partial charge < -0.3 is 5.32 Å². The molecule has 0 bridgehead atoms. The van der Waals surface area contributed by atoms with E-state index in [9.17, 15) is 18.0 Å². The quantitative estimate of drug-likeness (QED) is 0.586. The first-order valence-corrected chi connectivity index (χ1v) is 12.7. The molecule has 1 unspecified atom stereocenters. The molecular weight excluding hydrogens is 450 g/mol. The molecule has 1 amide bonds. The summed E-state index contributed by atoms with van der Waals surface area (Å²) in [5, 5.41) is 11.7. The summed E-state index contributed by atoms with van der Waals surface area (Å²) in [6.07, 6.45) is 4.30. The Labute approximate surface area is 190 Å². The minimum absolute atomic E-state index is 0.127. The second-order valence-electron chi connectivity index (χ2n) is 7.96. The van der Waals surface area contributed by atoms with Crippen molar-refractivity contribution < 1.29 is 13.2 Å². The van der Waals surface area contributed by atoms with Crippen molar-refractivity contribution in [2.24, 2.45) is 0 Å². The van der Waals surface area contributed by atoms with Crippen LogP contribution in [0.4, 0.5) is 5.69 Å². The molecule has 2 heterocycles. The van der Waals surface area contributed by atoms with Crippen molar-refractivity contribution in [3.8, 4) is 0 Å².